The van der Waals surface area contributed by atoms with E-state index in [0.717, 1.165) is 10.4 Å². The van der Waals surface area contributed by atoms with Crippen molar-refractivity contribution in [2.45, 2.75) is 45.7 Å². The summed E-state index contributed by atoms with van der Waals surface area (Å²) in [6, 6.07) is 0.644. The smallest absolute Gasteiger partial charge is 0.331 e. The van der Waals surface area contributed by atoms with Gasteiger partial charge in [0.05, 0.1) is 0 Å². The van der Waals surface area contributed by atoms with Gasteiger partial charge in [-0.25, -0.2) is 4.79 Å². The van der Waals surface area contributed by atoms with Gasteiger partial charge in [-0.15, -0.1) is 11.3 Å². The predicted octanol–water partition coefficient (Wildman–Crippen LogP) is 2.02. The molecule has 2 atom stereocenters. The zero-order valence-corrected chi connectivity index (χ0v) is 13.4. The van der Waals surface area contributed by atoms with Crippen molar-refractivity contribution in [3.05, 3.63) is 21.9 Å². The summed E-state index contributed by atoms with van der Waals surface area (Å²) in [5, 5.41) is 11.4. The Kier molecular flexibility index (Phi) is 4.39. The highest BCUT2D eigenvalue weighted by Gasteiger charge is 2.37. The SMILES string of the molecule is CC(C)(C)C(N)CC(=O)N1CCc2sccc2C1C(=O)O. The molecule has 1 amide bonds. The van der Waals surface area contributed by atoms with Gasteiger partial charge in [0.2, 0.25) is 5.91 Å². The molecule has 1 aliphatic rings. The molecule has 0 aromatic carbocycles. The Morgan fingerprint density at radius 1 is 1.52 bits per heavy atom. The summed E-state index contributed by atoms with van der Waals surface area (Å²) in [4.78, 5) is 26.6. The van der Waals surface area contributed by atoms with Crippen molar-refractivity contribution in [1.82, 2.24) is 4.90 Å². The molecule has 2 rings (SSSR count). The number of fused-ring (bicyclic) bond motifs is 1. The van der Waals surface area contributed by atoms with Gasteiger partial charge < -0.3 is 15.7 Å². The standard InChI is InChI=1S/C15H22N2O3S/c1-15(2,3)11(16)8-12(18)17-6-4-10-9(5-7-21-10)13(17)14(19)20/h5,7,11,13H,4,6,8,16H2,1-3H3,(H,19,20). The summed E-state index contributed by atoms with van der Waals surface area (Å²) >= 11 is 1.55. The molecular formula is C15H22N2O3S. The average Bonchev–Trinajstić information content (AvgIpc) is 2.83. The fraction of sp³-hybridized carbons (Fsp3) is 0.600. The Morgan fingerprint density at radius 3 is 2.76 bits per heavy atom. The van der Waals surface area contributed by atoms with Gasteiger partial charge in [0.15, 0.2) is 6.04 Å². The first kappa shape index (κ1) is 16.0. The number of thiophene rings is 1. The number of carboxylic acids is 1. The van der Waals surface area contributed by atoms with Crippen LogP contribution in [-0.2, 0) is 16.0 Å². The number of carbonyl (C=O) groups is 2. The van der Waals surface area contributed by atoms with Crippen molar-refractivity contribution >= 4 is 23.2 Å². The quantitative estimate of drug-likeness (QED) is 0.894. The molecule has 21 heavy (non-hydrogen) atoms. The van der Waals surface area contributed by atoms with E-state index in [1.54, 1.807) is 11.3 Å². The van der Waals surface area contributed by atoms with Gasteiger partial charge in [0.25, 0.3) is 0 Å². The van der Waals surface area contributed by atoms with Gasteiger partial charge in [0, 0.05) is 23.9 Å². The summed E-state index contributed by atoms with van der Waals surface area (Å²) in [6.45, 7) is 6.38. The third-order valence-corrected chi connectivity index (χ3v) is 5.02. The molecule has 2 unspecified atom stereocenters. The van der Waals surface area contributed by atoms with Crippen molar-refractivity contribution in [2.24, 2.45) is 11.1 Å². The summed E-state index contributed by atoms with van der Waals surface area (Å²) in [7, 11) is 0. The number of nitrogens with zero attached hydrogens (tertiary/aromatic N) is 1. The molecule has 2 heterocycles. The van der Waals surface area contributed by atoms with Crippen molar-refractivity contribution in [1.29, 1.82) is 0 Å². The zero-order valence-electron chi connectivity index (χ0n) is 12.6. The maximum absolute atomic E-state index is 12.5. The van der Waals surface area contributed by atoms with Crippen molar-refractivity contribution < 1.29 is 14.7 Å². The van der Waals surface area contributed by atoms with E-state index in [4.69, 9.17) is 5.73 Å². The maximum atomic E-state index is 12.5. The first-order valence-electron chi connectivity index (χ1n) is 7.06. The minimum Gasteiger partial charge on any atom is -0.479 e. The van der Waals surface area contributed by atoms with Gasteiger partial charge in [-0.3, -0.25) is 4.79 Å². The van der Waals surface area contributed by atoms with Crippen LogP contribution in [-0.4, -0.2) is 34.5 Å². The molecular weight excluding hydrogens is 288 g/mol. The lowest BCUT2D eigenvalue weighted by atomic mass is 9.85. The number of rotatable bonds is 3. The van der Waals surface area contributed by atoms with E-state index in [1.807, 2.05) is 32.2 Å². The Bertz CT molecular complexity index is 547. The van der Waals surface area contributed by atoms with Crippen molar-refractivity contribution in [3.63, 3.8) is 0 Å². The molecule has 1 aromatic heterocycles. The van der Waals surface area contributed by atoms with Gasteiger partial charge in [-0.1, -0.05) is 20.8 Å². The Balaban J connectivity index is 2.19. The van der Waals surface area contributed by atoms with E-state index in [-0.39, 0.29) is 23.8 Å². The largest absolute Gasteiger partial charge is 0.479 e. The molecule has 0 radical (unpaired) electrons. The van der Waals surface area contributed by atoms with Crippen LogP contribution >= 0.6 is 11.3 Å². The van der Waals surface area contributed by atoms with Crippen molar-refractivity contribution in [3.8, 4) is 0 Å². The van der Waals surface area contributed by atoms with Crippen LogP contribution in [0.15, 0.2) is 11.4 Å². The van der Waals surface area contributed by atoms with E-state index in [1.165, 1.54) is 4.90 Å². The lowest BCUT2D eigenvalue weighted by molar-refractivity contribution is -0.151. The topological polar surface area (TPSA) is 83.6 Å². The number of nitrogens with two attached hydrogens (primary N) is 1. The molecule has 1 aliphatic heterocycles. The second-order valence-corrected chi connectivity index (χ2v) is 7.55. The highest BCUT2D eigenvalue weighted by atomic mass is 32.1. The van der Waals surface area contributed by atoms with Crippen LogP contribution in [0.1, 0.15) is 43.7 Å². The number of hydrogen-bond donors (Lipinski definition) is 2. The molecule has 6 heteroatoms. The first-order chi connectivity index (χ1) is 9.71. The third-order valence-electron chi connectivity index (χ3n) is 4.03. The second-order valence-electron chi connectivity index (χ2n) is 6.55. The first-order valence-corrected chi connectivity index (χ1v) is 7.94. The number of carboxylic acid groups (broad SMARTS) is 1. The van der Waals surface area contributed by atoms with Gasteiger partial charge in [-0.2, -0.15) is 0 Å². The molecule has 0 bridgehead atoms. The summed E-state index contributed by atoms with van der Waals surface area (Å²) in [6.07, 6.45) is 0.889. The molecule has 0 spiro atoms. The fourth-order valence-electron chi connectivity index (χ4n) is 2.46. The van der Waals surface area contributed by atoms with Gasteiger partial charge in [0.1, 0.15) is 0 Å². The number of amides is 1. The molecule has 0 aliphatic carbocycles. The molecule has 0 fully saturated rings. The van der Waals surface area contributed by atoms with Crippen LogP contribution in [0.2, 0.25) is 0 Å². The number of carbonyl (C=O) groups excluding carboxylic acids is 1. The Hall–Kier alpha value is -1.40. The molecule has 1 aromatic rings. The highest BCUT2D eigenvalue weighted by Crippen LogP contribution is 2.34. The van der Waals surface area contributed by atoms with Crippen LogP contribution in [0, 0.1) is 5.41 Å². The lowest BCUT2D eigenvalue weighted by Gasteiger charge is -2.35. The van der Waals surface area contributed by atoms with E-state index in [2.05, 4.69) is 0 Å². The normalized spacial score (nSPS) is 20.0. The second kappa shape index (κ2) is 5.77. The lowest BCUT2D eigenvalue weighted by Crippen LogP contribution is -2.47. The van der Waals surface area contributed by atoms with E-state index in [0.29, 0.717) is 13.0 Å². The van der Waals surface area contributed by atoms with Crippen LogP contribution in [0.25, 0.3) is 0 Å². The van der Waals surface area contributed by atoms with E-state index in [9.17, 15) is 14.7 Å². The van der Waals surface area contributed by atoms with Gasteiger partial charge in [-0.05, 0) is 28.8 Å². The highest BCUT2D eigenvalue weighted by molar-refractivity contribution is 7.10. The Labute approximate surface area is 128 Å². The average molecular weight is 310 g/mol. The maximum Gasteiger partial charge on any atom is 0.331 e. The summed E-state index contributed by atoms with van der Waals surface area (Å²) in [5.41, 5.74) is 6.63. The fourth-order valence-corrected chi connectivity index (χ4v) is 3.37. The summed E-state index contributed by atoms with van der Waals surface area (Å²) in [5.74, 6) is -1.16. The van der Waals surface area contributed by atoms with Crippen LogP contribution in [0.3, 0.4) is 0 Å². The minimum atomic E-state index is -0.980. The van der Waals surface area contributed by atoms with E-state index >= 15 is 0 Å². The number of aliphatic carboxylic acids is 1. The van der Waals surface area contributed by atoms with Crippen LogP contribution < -0.4 is 5.73 Å². The molecule has 5 nitrogen and oxygen atoms in total. The monoisotopic (exact) mass is 310 g/mol. The van der Waals surface area contributed by atoms with Crippen LogP contribution in [0.4, 0.5) is 0 Å². The molecule has 116 valence electrons. The molecule has 0 saturated heterocycles. The van der Waals surface area contributed by atoms with E-state index < -0.39 is 12.0 Å². The van der Waals surface area contributed by atoms with Crippen molar-refractivity contribution in [2.75, 3.05) is 6.54 Å². The molecule has 0 saturated carbocycles. The summed E-state index contributed by atoms with van der Waals surface area (Å²) < 4.78 is 0. The minimum absolute atomic E-state index is 0.173. The zero-order chi connectivity index (χ0) is 15.8. The van der Waals surface area contributed by atoms with Gasteiger partial charge >= 0.3 is 5.97 Å². The third kappa shape index (κ3) is 3.27. The molecule has 3 N–H and O–H groups in total. The van der Waals surface area contributed by atoms with Crippen LogP contribution in [0.5, 0.6) is 0 Å². The Morgan fingerprint density at radius 2 is 2.19 bits per heavy atom. The predicted molar refractivity (Wildman–Crippen MR) is 82.2 cm³/mol. The number of hydrogen-bond acceptors (Lipinski definition) is 4.